The van der Waals surface area contributed by atoms with Gasteiger partial charge in [-0.05, 0) is 23.8 Å². The molecule has 3 aromatic rings. The van der Waals surface area contributed by atoms with E-state index >= 15 is 0 Å². The number of aromatic nitrogens is 3. The zero-order valence-corrected chi connectivity index (χ0v) is 12.5. The number of aromatic amines is 1. The van der Waals surface area contributed by atoms with Crippen molar-refractivity contribution in [1.82, 2.24) is 20.4 Å². The van der Waals surface area contributed by atoms with Crippen molar-refractivity contribution in [2.24, 2.45) is 5.10 Å². The van der Waals surface area contributed by atoms with E-state index in [1.165, 1.54) is 12.3 Å². The van der Waals surface area contributed by atoms with E-state index in [4.69, 9.17) is 0 Å². The number of hydrazone groups is 1. The van der Waals surface area contributed by atoms with E-state index in [0.29, 0.717) is 5.69 Å². The summed E-state index contributed by atoms with van der Waals surface area (Å²) < 4.78 is 0. The van der Waals surface area contributed by atoms with Crippen LogP contribution in [0.5, 0.6) is 0 Å². The molecule has 2 heterocycles. The number of nitrogens with one attached hydrogen (secondary N) is 2. The normalized spacial score (nSPS) is 10.7. The minimum absolute atomic E-state index is 0.0840. The summed E-state index contributed by atoms with van der Waals surface area (Å²) in [5.41, 5.74) is 3.81. The van der Waals surface area contributed by atoms with Gasteiger partial charge in [-0.15, -0.1) is 0 Å². The van der Waals surface area contributed by atoms with Gasteiger partial charge in [-0.1, -0.05) is 30.3 Å². The first kappa shape index (κ1) is 15.3. The lowest BCUT2D eigenvalue weighted by molar-refractivity contribution is 0.0949. The van der Waals surface area contributed by atoms with Gasteiger partial charge < -0.3 is 4.98 Å². The highest BCUT2D eigenvalue weighted by Gasteiger charge is 2.09. The highest BCUT2D eigenvalue weighted by atomic mass is 16.2. The minimum Gasteiger partial charge on any atom is -0.301 e. The molecule has 0 radical (unpaired) electrons. The van der Waals surface area contributed by atoms with Crippen molar-refractivity contribution < 1.29 is 4.79 Å². The second kappa shape index (κ2) is 7.10. The van der Waals surface area contributed by atoms with Gasteiger partial charge in [-0.3, -0.25) is 9.78 Å². The van der Waals surface area contributed by atoms with Crippen LogP contribution in [0.15, 0.2) is 70.8 Å². The maximum Gasteiger partial charge on any atom is 0.346 e. The molecule has 0 atom stereocenters. The van der Waals surface area contributed by atoms with Crippen molar-refractivity contribution in [3.8, 4) is 11.3 Å². The van der Waals surface area contributed by atoms with Gasteiger partial charge >= 0.3 is 5.69 Å². The van der Waals surface area contributed by atoms with E-state index in [-0.39, 0.29) is 5.69 Å². The molecule has 0 spiro atoms. The molecular weight excluding hydrogens is 306 g/mol. The predicted molar refractivity (Wildman–Crippen MR) is 89.6 cm³/mol. The summed E-state index contributed by atoms with van der Waals surface area (Å²) >= 11 is 0. The highest BCUT2D eigenvalue weighted by molar-refractivity contribution is 5.93. The number of carbonyl (C=O) groups is 1. The fourth-order valence-corrected chi connectivity index (χ4v) is 2.01. The Morgan fingerprint density at radius 3 is 2.62 bits per heavy atom. The molecule has 0 aliphatic heterocycles. The quantitative estimate of drug-likeness (QED) is 0.563. The van der Waals surface area contributed by atoms with Crippen molar-refractivity contribution in [1.29, 1.82) is 0 Å². The summed E-state index contributed by atoms with van der Waals surface area (Å²) in [4.78, 5) is 34.0. The lowest BCUT2D eigenvalue weighted by atomic mass is 10.1. The van der Waals surface area contributed by atoms with E-state index in [0.717, 1.165) is 11.1 Å². The summed E-state index contributed by atoms with van der Waals surface area (Å²) in [5.74, 6) is -0.531. The number of hydrogen-bond donors (Lipinski definition) is 2. The molecule has 1 amide bonds. The fraction of sp³-hybridized carbons (Fsp3) is 0. The molecule has 2 N–H and O–H groups in total. The Bertz CT molecular complexity index is 920. The maximum absolute atomic E-state index is 12.1. The number of nitrogens with zero attached hydrogens (tertiary/aromatic N) is 3. The van der Waals surface area contributed by atoms with Gasteiger partial charge in [0, 0.05) is 18.0 Å². The number of hydrogen-bond acceptors (Lipinski definition) is 5. The summed E-state index contributed by atoms with van der Waals surface area (Å²) in [6.45, 7) is 0. The molecule has 0 aliphatic rings. The second-order valence-electron chi connectivity index (χ2n) is 4.83. The average Bonchev–Trinajstić information content (AvgIpc) is 2.63. The van der Waals surface area contributed by atoms with Crippen LogP contribution in [0.4, 0.5) is 0 Å². The van der Waals surface area contributed by atoms with Crippen molar-refractivity contribution >= 4 is 12.1 Å². The fourth-order valence-electron chi connectivity index (χ4n) is 2.01. The van der Waals surface area contributed by atoms with Crippen LogP contribution in [0.25, 0.3) is 11.3 Å². The van der Waals surface area contributed by atoms with E-state index in [1.807, 2.05) is 30.3 Å². The zero-order valence-electron chi connectivity index (χ0n) is 12.5. The number of amides is 1. The van der Waals surface area contributed by atoms with Gasteiger partial charge in [0.1, 0.15) is 5.69 Å². The molecule has 0 fully saturated rings. The topological polar surface area (TPSA) is 100 Å². The Labute approximate surface area is 137 Å². The summed E-state index contributed by atoms with van der Waals surface area (Å²) in [6, 6.07) is 14.1. The number of carbonyl (C=O) groups excluding carboxylic acids is 1. The lowest BCUT2D eigenvalue weighted by Crippen LogP contribution is -2.24. The molecule has 0 saturated carbocycles. The number of pyridine rings is 1. The smallest absolute Gasteiger partial charge is 0.301 e. The third-order valence-electron chi connectivity index (χ3n) is 3.14. The predicted octanol–water partition coefficient (Wildman–Crippen LogP) is 1.60. The van der Waals surface area contributed by atoms with E-state index in [1.54, 1.807) is 24.5 Å². The average molecular weight is 319 g/mol. The molecule has 0 unspecified atom stereocenters. The molecule has 0 bridgehead atoms. The molecule has 1 aromatic carbocycles. The monoisotopic (exact) mass is 319 g/mol. The standard InChI is InChI=1S/C17H13N5O2/c23-16(22-19-11-12-6-8-18-9-7-12)15-10-14(20-17(24)21-15)13-4-2-1-3-5-13/h1-11H,(H,22,23)(H,20,21,24)/b19-11+. The third-order valence-corrected chi connectivity index (χ3v) is 3.14. The van der Waals surface area contributed by atoms with Gasteiger partial charge in [0.25, 0.3) is 5.91 Å². The van der Waals surface area contributed by atoms with Crippen LogP contribution in [0.2, 0.25) is 0 Å². The zero-order chi connectivity index (χ0) is 16.8. The van der Waals surface area contributed by atoms with Crippen molar-refractivity contribution in [3.05, 3.63) is 82.7 Å². The van der Waals surface area contributed by atoms with Gasteiger partial charge in [-0.25, -0.2) is 10.2 Å². The molecule has 3 rings (SSSR count). The SMILES string of the molecule is O=C(N/N=C/c1ccncc1)c1cc(-c2ccccc2)nc(=O)[nH]1. The van der Waals surface area contributed by atoms with Crippen LogP contribution in [-0.2, 0) is 0 Å². The number of rotatable bonds is 4. The molecule has 2 aromatic heterocycles. The first-order chi connectivity index (χ1) is 11.7. The van der Waals surface area contributed by atoms with Crippen LogP contribution in [-0.4, -0.2) is 27.1 Å². The Morgan fingerprint density at radius 2 is 1.88 bits per heavy atom. The summed E-state index contributed by atoms with van der Waals surface area (Å²) in [5, 5.41) is 3.86. The van der Waals surface area contributed by atoms with E-state index < -0.39 is 11.6 Å². The molecule has 0 aliphatic carbocycles. The number of benzene rings is 1. The van der Waals surface area contributed by atoms with Crippen molar-refractivity contribution in [2.45, 2.75) is 0 Å². The van der Waals surface area contributed by atoms with Crippen LogP contribution < -0.4 is 11.1 Å². The molecule has 0 saturated heterocycles. The number of H-pyrrole nitrogens is 1. The van der Waals surface area contributed by atoms with Gasteiger partial charge in [0.2, 0.25) is 0 Å². The minimum atomic E-state index is -0.598. The van der Waals surface area contributed by atoms with Crippen molar-refractivity contribution in [2.75, 3.05) is 0 Å². The van der Waals surface area contributed by atoms with Crippen LogP contribution in [0.1, 0.15) is 16.1 Å². The van der Waals surface area contributed by atoms with Crippen LogP contribution in [0, 0.1) is 0 Å². The largest absolute Gasteiger partial charge is 0.346 e. The molecule has 24 heavy (non-hydrogen) atoms. The molecule has 7 nitrogen and oxygen atoms in total. The summed E-state index contributed by atoms with van der Waals surface area (Å²) in [7, 11) is 0. The molecular formula is C17H13N5O2. The van der Waals surface area contributed by atoms with Gasteiger partial charge in [0.15, 0.2) is 0 Å². The first-order valence-electron chi connectivity index (χ1n) is 7.12. The maximum atomic E-state index is 12.1. The van der Waals surface area contributed by atoms with Gasteiger partial charge in [-0.2, -0.15) is 10.1 Å². The Hall–Kier alpha value is -3.61. The van der Waals surface area contributed by atoms with Gasteiger partial charge in [0.05, 0.1) is 11.9 Å². The van der Waals surface area contributed by atoms with E-state index in [2.05, 4.69) is 25.5 Å². The lowest BCUT2D eigenvalue weighted by Gasteiger charge is -2.03. The van der Waals surface area contributed by atoms with Crippen LogP contribution >= 0.6 is 0 Å². The van der Waals surface area contributed by atoms with E-state index in [9.17, 15) is 9.59 Å². The molecule has 7 heteroatoms. The second-order valence-corrected chi connectivity index (χ2v) is 4.83. The highest BCUT2D eigenvalue weighted by Crippen LogP contribution is 2.15. The summed E-state index contributed by atoms with van der Waals surface area (Å²) in [6.07, 6.45) is 4.72. The van der Waals surface area contributed by atoms with Crippen molar-refractivity contribution in [3.63, 3.8) is 0 Å². The Morgan fingerprint density at radius 1 is 1.12 bits per heavy atom. The Kier molecular flexibility index (Phi) is 4.52. The third kappa shape index (κ3) is 3.77. The first-order valence-corrected chi connectivity index (χ1v) is 7.12. The Balaban J connectivity index is 1.79. The molecule has 118 valence electrons. The van der Waals surface area contributed by atoms with Crippen LogP contribution in [0.3, 0.4) is 0 Å².